The quantitative estimate of drug-likeness (QED) is 0.937. The molecule has 23 heavy (non-hydrogen) atoms. The Hall–Kier alpha value is -2.63. The molecule has 2 rings (SSSR count). The zero-order valence-corrected chi connectivity index (χ0v) is 13.9. The fourth-order valence-electron chi connectivity index (χ4n) is 2.16. The highest BCUT2D eigenvalue weighted by Crippen LogP contribution is 2.24. The summed E-state index contributed by atoms with van der Waals surface area (Å²) < 4.78 is 5.17. The molecule has 1 heterocycles. The van der Waals surface area contributed by atoms with Crippen molar-refractivity contribution in [2.75, 3.05) is 14.2 Å². The number of aryl methyl sites for hydroxylation is 1. The van der Waals surface area contributed by atoms with Crippen molar-refractivity contribution in [2.24, 2.45) is 0 Å². The van der Waals surface area contributed by atoms with Crippen molar-refractivity contribution in [3.05, 3.63) is 35.5 Å². The molecule has 1 aromatic carbocycles. The summed E-state index contributed by atoms with van der Waals surface area (Å²) in [5.41, 5.74) is 0.347. The predicted molar refractivity (Wildman–Crippen MR) is 86.8 cm³/mol. The number of carbonyl (C=O) groups is 2. The monoisotopic (exact) mass is 316 g/mol. The molecule has 0 aliphatic rings. The van der Waals surface area contributed by atoms with Crippen molar-refractivity contribution < 1.29 is 19.4 Å². The number of methoxy groups -OCH3 is 1. The van der Waals surface area contributed by atoms with Gasteiger partial charge in [0.05, 0.1) is 23.9 Å². The van der Waals surface area contributed by atoms with Crippen LogP contribution in [-0.2, 0) is 4.79 Å². The second-order valence-electron chi connectivity index (χ2n) is 5.91. The Balaban J connectivity index is 2.49. The first kappa shape index (κ1) is 16.7. The summed E-state index contributed by atoms with van der Waals surface area (Å²) in [7, 11) is 3.06. The Kier molecular flexibility index (Phi) is 4.27. The van der Waals surface area contributed by atoms with E-state index in [4.69, 9.17) is 4.74 Å². The second-order valence-corrected chi connectivity index (χ2v) is 5.91. The normalized spacial score (nSPS) is 11.3. The van der Waals surface area contributed by atoms with E-state index in [1.807, 2.05) is 6.07 Å². The van der Waals surface area contributed by atoms with E-state index in [9.17, 15) is 14.7 Å². The lowest BCUT2D eigenvalue weighted by Gasteiger charge is -2.31. The number of hydrogen-bond donors (Lipinski definition) is 1. The molecular weight excluding hydrogens is 296 g/mol. The Labute approximate surface area is 134 Å². The van der Waals surface area contributed by atoms with Crippen LogP contribution < -0.4 is 4.74 Å². The van der Waals surface area contributed by atoms with Crippen molar-refractivity contribution in [2.45, 2.75) is 26.3 Å². The minimum absolute atomic E-state index is 0.375. The standard InChI is InChI=1S/C17H20N2O4/c1-10-13(15(20)19(4)17(2,3)16(21)22)8-11-6-7-12(23-5)9-14(11)18-10/h6-9H,1-5H3,(H,21,22). The largest absolute Gasteiger partial charge is 0.497 e. The number of likely N-dealkylation sites (N-methyl/N-ethyl adjacent to an activating group) is 1. The van der Waals surface area contributed by atoms with Gasteiger partial charge in [-0.2, -0.15) is 0 Å². The molecule has 122 valence electrons. The number of ether oxygens (including phenoxy) is 1. The Morgan fingerprint density at radius 1 is 1.26 bits per heavy atom. The van der Waals surface area contributed by atoms with Crippen LogP contribution in [0.1, 0.15) is 29.9 Å². The van der Waals surface area contributed by atoms with E-state index in [0.717, 1.165) is 10.9 Å². The van der Waals surface area contributed by atoms with Crippen molar-refractivity contribution in [1.29, 1.82) is 0 Å². The van der Waals surface area contributed by atoms with Gasteiger partial charge < -0.3 is 14.7 Å². The molecule has 0 saturated carbocycles. The van der Waals surface area contributed by atoms with E-state index in [1.165, 1.54) is 25.8 Å². The van der Waals surface area contributed by atoms with Crippen LogP contribution in [-0.4, -0.2) is 46.6 Å². The SMILES string of the molecule is COc1ccc2cc(C(=O)N(C)C(C)(C)C(=O)O)c(C)nc2c1. The average Bonchev–Trinajstić information content (AvgIpc) is 2.51. The fraction of sp³-hybridized carbons (Fsp3) is 0.353. The highest BCUT2D eigenvalue weighted by atomic mass is 16.5. The lowest BCUT2D eigenvalue weighted by Crippen LogP contribution is -2.50. The number of benzene rings is 1. The van der Waals surface area contributed by atoms with Gasteiger partial charge in [0.15, 0.2) is 0 Å². The van der Waals surface area contributed by atoms with Gasteiger partial charge in [0.2, 0.25) is 0 Å². The van der Waals surface area contributed by atoms with Crippen LogP contribution in [0.5, 0.6) is 5.75 Å². The molecule has 6 heteroatoms. The van der Waals surface area contributed by atoms with Crippen LogP contribution in [0, 0.1) is 6.92 Å². The Bertz CT molecular complexity index is 784. The van der Waals surface area contributed by atoms with Gasteiger partial charge in [0.1, 0.15) is 11.3 Å². The maximum absolute atomic E-state index is 12.7. The molecule has 1 aromatic heterocycles. The number of aliphatic carboxylic acids is 1. The third-order valence-electron chi connectivity index (χ3n) is 4.11. The topological polar surface area (TPSA) is 79.7 Å². The van der Waals surface area contributed by atoms with Crippen molar-refractivity contribution in [1.82, 2.24) is 9.88 Å². The van der Waals surface area contributed by atoms with Gasteiger partial charge in [0, 0.05) is 18.5 Å². The van der Waals surface area contributed by atoms with E-state index in [1.54, 1.807) is 32.2 Å². The summed E-state index contributed by atoms with van der Waals surface area (Å²) in [4.78, 5) is 29.7. The molecule has 1 amide bonds. The number of hydrogen-bond acceptors (Lipinski definition) is 4. The molecule has 0 unspecified atom stereocenters. The number of aromatic nitrogens is 1. The van der Waals surface area contributed by atoms with Gasteiger partial charge in [-0.15, -0.1) is 0 Å². The van der Waals surface area contributed by atoms with Crippen molar-refractivity contribution in [3.63, 3.8) is 0 Å². The molecule has 6 nitrogen and oxygen atoms in total. The number of carboxylic acids is 1. The predicted octanol–water partition coefficient (Wildman–Crippen LogP) is 2.49. The van der Waals surface area contributed by atoms with E-state index >= 15 is 0 Å². The van der Waals surface area contributed by atoms with Gasteiger partial charge >= 0.3 is 5.97 Å². The summed E-state index contributed by atoms with van der Waals surface area (Å²) in [6, 6.07) is 7.13. The third-order valence-corrected chi connectivity index (χ3v) is 4.11. The lowest BCUT2D eigenvalue weighted by molar-refractivity contribution is -0.147. The van der Waals surface area contributed by atoms with Gasteiger partial charge in [0.25, 0.3) is 5.91 Å². The van der Waals surface area contributed by atoms with E-state index in [-0.39, 0.29) is 5.91 Å². The maximum atomic E-state index is 12.7. The van der Waals surface area contributed by atoms with Crippen LogP contribution in [0.2, 0.25) is 0 Å². The van der Waals surface area contributed by atoms with E-state index in [0.29, 0.717) is 17.0 Å². The number of rotatable bonds is 4. The van der Waals surface area contributed by atoms with E-state index in [2.05, 4.69) is 4.98 Å². The number of nitrogens with zero attached hydrogens (tertiary/aromatic N) is 2. The Morgan fingerprint density at radius 3 is 2.48 bits per heavy atom. The molecule has 0 spiro atoms. The third kappa shape index (κ3) is 2.97. The number of amides is 1. The summed E-state index contributed by atoms with van der Waals surface area (Å²) in [6.07, 6.45) is 0. The molecule has 0 radical (unpaired) electrons. The van der Waals surface area contributed by atoms with Gasteiger partial charge in [-0.3, -0.25) is 9.78 Å². The second kappa shape index (κ2) is 5.87. The van der Waals surface area contributed by atoms with Crippen LogP contribution >= 0.6 is 0 Å². The molecule has 0 atom stereocenters. The molecule has 2 aromatic rings. The molecule has 1 N–H and O–H groups in total. The minimum atomic E-state index is -1.31. The summed E-state index contributed by atoms with van der Waals surface area (Å²) in [6.45, 7) is 4.71. The first-order valence-corrected chi connectivity index (χ1v) is 7.15. The van der Waals surface area contributed by atoms with Crippen LogP contribution in [0.15, 0.2) is 24.3 Å². The fourth-order valence-corrected chi connectivity index (χ4v) is 2.16. The molecule has 0 aliphatic heterocycles. The zero-order chi connectivity index (χ0) is 17.4. The van der Waals surface area contributed by atoms with Crippen molar-refractivity contribution >= 4 is 22.8 Å². The smallest absolute Gasteiger partial charge is 0.329 e. The number of fused-ring (bicyclic) bond motifs is 1. The maximum Gasteiger partial charge on any atom is 0.329 e. The average molecular weight is 316 g/mol. The van der Waals surface area contributed by atoms with Gasteiger partial charge in [-0.05, 0) is 39.0 Å². The van der Waals surface area contributed by atoms with Crippen LogP contribution in [0.3, 0.4) is 0 Å². The van der Waals surface area contributed by atoms with Crippen LogP contribution in [0.25, 0.3) is 10.9 Å². The molecule has 0 aliphatic carbocycles. The first-order chi connectivity index (χ1) is 10.7. The lowest BCUT2D eigenvalue weighted by atomic mass is 10.0. The van der Waals surface area contributed by atoms with Gasteiger partial charge in [-0.25, -0.2) is 4.79 Å². The van der Waals surface area contributed by atoms with Gasteiger partial charge in [-0.1, -0.05) is 0 Å². The molecular formula is C17H20N2O4. The number of carboxylic acid groups (broad SMARTS) is 1. The zero-order valence-electron chi connectivity index (χ0n) is 13.9. The summed E-state index contributed by atoms with van der Waals surface area (Å²) in [5, 5.41) is 10.1. The highest BCUT2D eigenvalue weighted by molar-refractivity contribution is 6.01. The molecule has 0 fully saturated rings. The van der Waals surface area contributed by atoms with Crippen LogP contribution in [0.4, 0.5) is 0 Å². The van der Waals surface area contributed by atoms with Crippen molar-refractivity contribution in [3.8, 4) is 5.75 Å². The molecule has 0 bridgehead atoms. The molecule has 0 saturated heterocycles. The number of carbonyl (C=O) groups excluding carboxylic acids is 1. The summed E-state index contributed by atoms with van der Waals surface area (Å²) in [5.74, 6) is -0.753. The highest BCUT2D eigenvalue weighted by Gasteiger charge is 2.36. The summed E-state index contributed by atoms with van der Waals surface area (Å²) >= 11 is 0. The Morgan fingerprint density at radius 2 is 1.91 bits per heavy atom. The first-order valence-electron chi connectivity index (χ1n) is 7.15. The minimum Gasteiger partial charge on any atom is -0.497 e. The van der Waals surface area contributed by atoms with E-state index < -0.39 is 11.5 Å². The number of pyridine rings is 1.